The third-order valence-corrected chi connectivity index (χ3v) is 1.99. The predicted molar refractivity (Wildman–Crippen MR) is 44.2 cm³/mol. The minimum absolute atomic E-state index is 0. The van der Waals surface area contributed by atoms with Crippen molar-refractivity contribution in [2.75, 3.05) is 0 Å². The minimum atomic E-state index is -0.725. The Bertz CT molecular complexity index is 127. The SMILES string of the molecule is CC(C)C(C)(C)C(=O)O.[Ca+2].[H-].[H-]. The molecule has 0 bridgehead atoms. The van der Waals surface area contributed by atoms with E-state index in [4.69, 9.17) is 5.11 Å². The van der Waals surface area contributed by atoms with E-state index in [1.54, 1.807) is 13.8 Å². The van der Waals surface area contributed by atoms with Crippen LogP contribution in [0.2, 0.25) is 0 Å². The van der Waals surface area contributed by atoms with Gasteiger partial charge in [0, 0.05) is 0 Å². The minimum Gasteiger partial charge on any atom is -1.00 e. The maximum absolute atomic E-state index is 10.5. The van der Waals surface area contributed by atoms with Crippen LogP contribution < -0.4 is 0 Å². The van der Waals surface area contributed by atoms with Gasteiger partial charge in [-0.05, 0) is 19.8 Å². The molecule has 0 atom stereocenters. The van der Waals surface area contributed by atoms with Gasteiger partial charge in [-0.2, -0.15) is 0 Å². The molecule has 10 heavy (non-hydrogen) atoms. The first-order valence-corrected chi connectivity index (χ1v) is 3.12. The topological polar surface area (TPSA) is 37.3 Å². The van der Waals surface area contributed by atoms with E-state index >= 15 is 0 Å². The van der Waals surface area contributed by atoms with Gasteiger partial charge in [0.1, 0.15) is 0 Å². The summed E-state index contributed by atoms with van der Waals surface area (Å²) in [5, 5.41) is 8.61. The van der Waals surface area contributed by atoms with Crippen LogP contribution in [0.1, 0.15) is 30.5 Å². The summed E-state index contributed by atoms with van der Waals surface area (Å²) in [5.74, 6) is -0.535. The molecule has 0 saturated heterocycles. The van der Waals surface area contributed by atoms with Gasteiger partial charge < -0.3 is 7.96 Å². The average molecular weight is 172 g/mol. The number of hydrogen-bond donors (Lipinski definition) is 1. The van der Waals surface area contributed by atoms with Crippen molar-refractivity contribution in [1.82, 2.24) is 0 Å². The molecular weight excluding hydrogens is 156 g/mol. The Morgan fingerprint density at radius 3 is 1.80 bits per heavy atom. The third kappa shape index (κ3) is 3.22. The van der Waals surface area contributed by atoms with Crippen LogP contribution in [-0.4, -0.2) is 48.8 Å². The molecule has 0 rings (SSSR count). The number of carboxylic acid groups (broad SMARTS) is 1. The van der Waals surface area contributed by atoms with Crippen LogP contribution in [0.3, 0.4) is 0 Å². The second-order valence-electron chi connectivity index (χ2n) is 3.18. The van der Waals surface area contributed by atoms with Crippen LogP contribution in [0.5, 0.6) is 0 Å². The van der Waals surface area contributed by atoms with E-state index in [9.17, 15) is 4.79 Å². The van der Waals surface area contributed by atoms with Crippen molar-refractivity contribution in [1.29, 1.82) is 0 Å². The molecule has 1 N–H and O–H groups in total. The summed E-state index contributed by atoms with van der Waals surface area (Å²) in [4.78, 5) is 10.5. The van der Waals surface area contributed by atoms with E-state index in [-0.39, 0.29) is 46.5 Å². The van der Waals surface area contributed by atoms with Crippen LogP contribution in [0.15, 0.2) is 0 Å². The zero-order chi connectivity index (χ0) is 7.65. The number of carbonyl (C=O) groups is 1. The first kappa shape index (κ1) is 13.3. The molecule has 0 aliphatic rings. The molecule has 0 unspecified atom stereocenters. The molecule has 0 aliphatic carbocycles. The molecule has 0 fully saturated rings. The fourth-order valence-electron chi connectivity index (χ4n) is 0.247. The second-order valence-corrected chi connectivity index (χ2v) is 3.18. The van der Waals surface area contributed by atoms with Gasteiger partial charge in [-0.1, -0.05) is 13.8 Å². The monoisotopic (exact) mass is 172 g/mol. The Hall–Kier alpha value is 0.730. The normalized spacial score (nSPS) is 10.9. The number of aliphatic carboxylic acids is 1. The maximum Gasteiger partial charge on any atom is 2.00 e. The van der Waals surface area contributed by atoms with E-state index in [2.05, 4.69) is 0 Å². The third-order valence-electron chi connectivity index (χ3n) is 1.99. The molecule has 0 aromatic carbocycles. The van der Waals surface area contributed by atoms with Crippen molar-refractivity contribution in [2.45, 2.75) is 27.7 Å². The van der Waals surface area contributed by atoms with Gasteiger partial charge in [-0.25, -0.2) is 0 Å². The molecule has 0 radical (unpaired) electrons. The van der Waals surface area contributed by atoms with E-state index < -0.39 is 11.4 Å². The summed E-state index contributed by atoms with van der Waals surface area (Å²) in [6.07, 6.45) is 0. The van der Waals surface area contributed by atoms with Crippen molar-refractivity contribution >= 4 is 43.7 Å². The summed E-state index contributed by atoms with van der Waals surface area (Å²) < 4.78 is 0. The fourth-order valence-corrected chi connectivity index (χ4v) is 0.247. The Morgan fingerprint density at radius 2 is 1.80 bits per heavy atom. The van der Waals surface area contributed by atoms with Gasteiger partial charge in [0.25, 0.3) is 0 Å². The van der Waals surface area contributed by atoms with Crippen LogP contribution in [0.4, 0.5) is 0 Å². The number of rotatable bonds is 2. The number of carboxylic acids is 1. The molecule has 2 nitrogen and oxygen atoms in total. The van der Waals surface area contributed by atoms with Gasteiger partial charge >= 0.3 is 43.7 Å². The molecular formula is C7H16CaO2. The first-order valence-electron chi connectivity index (χ1n) is 3.12. The van der Waals surface area contributed by atoms with Crippen molar-refractivity contribution in [2.24, 2.45) is 11.3 Å². The first-order chi connectivity index (χ1) is 3.89. The van der Waals surface area contributed by atoms with Gasteiger partial charge in [-0.3, -0.25) is 4.79 Å². The van der Waals surface area contributed by atoms with Crippen molar-refractivity contribution in [3.8, 4) is 0 Å². The average Bonchev–Trinajstić information content (AvgIpc) is 1.65. The molecule has 0 heterocycles. The zero-order valence-electron chi connectivity index (χ0n) is 9.14. The van der Waals surface area contributed by atoms with Crippen LogP contribution in [-0.2, 0) is 4.79 Å². The maximum atomic E-state index is 10.5. The standard InChI is InChI=1S/C7H14O2.Ca.2H/c1-5(2)7(3,4)6(8)9;;;/h5H,1-4H3,(H,8,9);;;/q;+2;2*-1. The van der Waals surface area contributed by atoms with Crippen LogP contribution in [0.25, 0.3) is 0 Å². The Morgan fingerprint density at radius 1 is 1.50 bits per heavy atom. The van der Waals surface area contributed by atoms with E-state index in [0.29, 0.717) is 0 Å². The summed E-state index contributed by atoms with van der Waals surface area (Å²) in [6.45, 7) is 7.29. The molecule has 3 heteroatoms. The Balaban J connectivity index is -0.000000107. The van der Waals surface area contributed by atoms with Crippen molar-refractivity contribution in [3.63, 3.8) is 0 Å². The zero-order valence-corrected chi connectivity index (χ0v) is 9.35. The smallest absolute Gasteiger partial charge is 1.00 e. The Kier molecular flexibility index (Phi) is 6.10. The molecule has 0 spiro atoms. The van der Waals surface area contributed by atoms with E-state index in [0.717, 1.165) is 0 Å². The number of hydrogen-bond acceptors (Lipinski definition) is 1. The van der Waals surface area contributed by atoms with Gasteiger partial charge in [0.2, 0.25) is 0 Å². The molecule has 0 aliphatic heterocycles. The fraction of sp³-hybridized carbons (Fsp3) is 0.857. The molecule has 0 amide bonds. The summed E-state index contributed by atoms with van der Waals surface area (Å²) in [6, 6.07) is 0. The van der Waals surface area contributed by atoms with E-state index in [1.807, 2.05) is 13.8 Å². The van der Waals surface area contributed by atoms with Crippen molar-refractivity contribution < 1.29 is 12.8 Å². The summed E-state index contributed by atoms with van der Waals surface area (Å²) in [7, 11) is 0. The molecule has 0 saturated carbocycles. The predicted octanol–water partition coefficient (Wildman–Crippen LogP) is 1.60. The van der Waals surface area contributed by atoms with Crippen molar-refractivity contribution in [3.05, 3.63) is 0 Å². The van der Waals surface area contributed by atoms with Crippen LogP contribution in [0, 0.1) is 11.3 Å². The largest absolute Gasteiger partial charge is 2.00 e. The Labute approximate surface area is 95.0 Å². The molecule has 58 valence electrons. The molecule has 0 aromatic heterocycles. The molecule has 0 aromatic rings. The summed E-state index contributed by atoms with van der Waals surface area (Å²) >= 11 is 0. The summed E-state index contributed by atoms with van der Waals surface area (Å²) in [5.41, 5.74) is -0.583. The quantitative estimate of drug-likeness (QED) is 0.642. The van der Waals surface area contributed by atoms with Gasteiger partial charge in [0.05, 0.1) is 5.41 Å². The second kappa shape index (κ2) is 4.58. The van der Waals surface area contributed by atoms with Gasteiger partial charge in [0.15, 0.2) is 0 Å². The van der Waals surface area contributed by atoms with E-state index in [1.165, 1.54) is 0 Å². The van der Waals surface area contributed by atoms with Gasteiger partial charge in [-0.15, -0.1) is 0 Å². The van der Waals surface area contributed by atoms with Crippen LogP contribution >= 0.6 is 0 Å².